The molecule has 24 heavy (non-hydrogen) atoms. The lowest BCUT2D eigenvalue weighted by molar-refractivity contribution is 0.0602. The van der Waals surface area contributed by atoms with Gasteiger partial charge < -0.3 is 10.1 Å². The molecule has 1 aromatic heterocycles. The number of methoxy groups -OCH3 is 1. The number of para-hydroxylation sites is 1. The zero-order valence-corrected chi connectivity index (χ0v) is 13.4. The predicted octanol–water partition coefficient (Wildman–Crippen LogP) is 3.58. The fraction of sp³-hybridized carbons (Fsp3) is 0.105. The third kappa shape index (κ3) is 2.96. The molecule has 0 fully saturated rings. The first-order valence-electron chi connectivity index (χ1n) is 7.44. The summed E-state index contributed by atoms with van der Waals surface area (Å²) in [6.07, 6.45) is 1.59. The van der Waals surface area contributed by atoms with Gasteiger partial charge >= 0.3 is 5.97 Å². The normalized spacial score (nSPS) is 10.4. The van der Waals surface area contributed by atoms with Crippen LogP contribution in [0.4, 0.5) is 5.69 Å². The van der Waals surface area contributed by atoms with E-state index >= 15 is 0 Å². The van der Waals surface area contributed by atoms with Gasteiger partial charge in [-0.15, -0.1) is 0 Å². The number of hydrogen-bond acceptors (Lipinski definition) is 4. The first-order chi connectivity index (χ1) is 11.6. The number of anilines is 1. The molecule has 5 heteroatoms. The number of carbonyl (C=O) groups is 2. The number of carbonyl (C=O) groups excluding carboxylic acids is 2. The van der Waals surface area contributed by atoms with Gasteiger partial charge in [-0.2, -0.15) is 0 Å². The van der Waals surface area contributed by atoms with Crippen LogP contribution in [0.2, 0.25) is 0 Å². The minimum absolute atomic E-state index is 0.303. The van der Waals surface area contributed by atoms with Crippen molar-refractivity contribution in [3.63, 3.8) is 0 Å². The molecule has 0 aliphatic heterocycles. The maximum absolute atomic E-state index is 12.7. The van der Waals surface area contributed by atoms with Gasteiger partial charge in [0.1, 0.15) is 0 Å². The Morgan fingerprint density at radius 3 is 2.62 bits per heavy atom. The van der Waals surface area contributed by atoms with E-state index in [9.17, 15) is 9.59 Å². The van der Waals surface area contributed by atoms with Crippen molar-refractivity contribution in [2.45, 2.75) is 6.92 Å². The quantitative estimate of drug-likeness (QED) is 0.749. The second-order valence-electron chi connectivity index (χ2n) is 5.37. The van der Waals surface area contributed by atoms with Gasteiger partial charge in [-0.25, -0.2) is 4.79 Å². The number of aryl methyl sites for hydroxylation is 1. The highest BCUT2D eigenvalue weighted by Crippen LogP contribution is 2.22. The fourth-order valence-corrected chi connectivity index (χ4v) is 2.53. The largest absolute Gasteiger partial charge is 0.465 e. The van der Waals surface area contributed by atoms with Gasteiger partial charge in [0.15, 0.2) is 0 Å². The van der Waals surface area contributed by atoms with Crippen LogP contribution in [0, 0.1) is 6.92 Å². The van der Waals surface area contributed by atoms with Crippen LogP contribution < -0.4 is 5.32 Å². The van der Waals surface area contributed by atoms with Crippen molar-refractivity contribution < 1.29 is 14.3 Å². The molecular formula is C19H16N2O3. The van der Waals surface area contributed by atoms with Crippen LogP contribution in [0.25, 0.3) is 10.9 Å². The van der Waals surface area contributed by atoms with E-state index in [1.54, 1.807) is 24.4 Å². The number of pyridine rings is 1. The van der Waals surface area contributed by atoms with E-state index in [-0.39, 0.29) is 5.91 Å². The molecule has 0 atom stereocenters. The molecule has 3 rings (SSSR count). The molecule has 0 aliphatic rings. The van der Waals surface area contributed by atoms with Crippen molar-refractivity contribution in [2.24, 2.45) is 0 Å². The second kappa shape index (κ2) is 6.50. The number of amides is 1. The minimum atomic E-state index is -0.492. The number of fused-ring (bicyclic) bond motifs is 1. The predicted molar refractivity (Wildman–Crippen MR) is 92.2 cm³/mol. The topological polar surface area (TPSA) is 68.3 Å². The molecule has 120 valence electrons. The van der Waals surface area contributed by atoms with Crippen molar-refractivity contribution in [3.8, 4) is 0 Å². The summed E-state index contributed by atoms with van der Waals surface area (Å²) in [4.78, 5) is 28.9. The highest BCUT2D eigenvalue weighted by molar-refractivity contribution is 6.14. The Morgan fingerprint density at radius 2 is 1.83 bits per heavy atom. The van der Waals surface area contributed by atoms with Crippen LogP contribution >= 0.6 is 0 Å². The average Bonchev–Trinajstić information content (AvgIpc) is 2.62. The first-order valence-corrected chi connectivity index (χ1v) is 7.44. The SMILES string of the molecule is COC(=O)c1cc(C)ccc1NC(=O)c1ccnc2ccccc12. The smallest absolute Gasteiger partial charge is 0.339 e. The number of benzene rings is 2. The van der Waals surface area contributed by atoms with E-state index < -0.39 is 5.97 Å². The lowest BCUT2D eigenvalue weighted by Gasteiger charge is -2.11. The molecule has 0 spiro atoms. The molecule has 1 heterocycles. The van der Waals surface area contributed by atoms with Crippen molar-refractivity contribution in [3.05, 3.63) is 71.4 Å². The maximum Gasteiger partial charge on any atom is 0.339 e. The molecule has 0 radical (unpaired) electrons. The Balaban J connectivity index is 1.99. The summed E-state index contributed by atoms with van der Waals surface area (Å²) < 4.78 is 4.79. The lowest BCUT2D eigenvalue weighted by atomic mass is 10.1. The number of ether oxygens (including phenoxy) is 1. The highest BCUT2D eigenvalue weighted by Gasteiger charge is 2.16. The van der Waals surface area contributed by atoms with Crippen LogP contribution in [0.5, 0.6) is 0 Å². The Morgan fingerprint density at radius 1 is 1.04 bits per heavy atom. The summed E-state index contributed by atoms with van der Waals surface area (Å²) in [5.74, 6) is -0.795. The molecule has 0 saturated carbocycles. The number of nitrogens with zero attached hydrogens (tertiary/aromatic N) is 1. The number of nitrogens with one attached hydrogen (secondary N) is 1. The minimum Gasteiger partial charge on any atom is -0.465 e. The summed E-state index contributed by atoms with van der Waals surface area (Å²) in [5, 5.41) is 3.55. The summed E-state index contributed by atoms with van der Waals surface area (Å²) in [6.45, 7) is 1.87. The van der Waals surface area contributed by atoms with E-state index in [0.717, 1.165) is 16.5 Å². The zero-order valence-electron chi connectivity index (χ0n) is 13.4. The molecule has 1 N–H and O–H groups in total. The van der Waals surface area contributed by atoms with E-state index in [4.69, 9.17) is 4.74 Å². The van der Waals surface area contributed by atoms with Gasteiger partial charge in [0.05, 0.1) is 29.4 Å². The summed E-state index contributed by atoms with van der Waals surface area (Å²) in [5.41, 5.74) is 2.88. The van der Waals surface area contributed by atoms with Crippen LogP contribution in [0.1, 0.15) is 26.3 Å². The Labute approximate surface area is 139 Å². The van der Waals surface area contributed by atoms with Crippen LogP contribution in [-0.4, -0.2) is 24.0 Å². The Hall–Kier alpha value is -3.21. The third-order valence-corrected chi connectivity index (χ3v) is 3.72. The van der Waals surface area contributed by atoms with Crippen molar-refractivity contribution in [1.29, 1.82) is 0 Å². The van der Waals surface area contributed by atoms with Crippen LogP contribution in [0.3, 0.4) is 0 Å². The molecular weight excluding hydrogens is 304 g/mol. The zero-order chi connectivity index (χ0) is 17.1. The molecule has 3 aromatic rings. The van der Waals surface area contributed by atoms with Crippen LogP contribution in [0.15, 0.2) is 54.7 Å². The van der Waals surface area contributed by atoms with E-state index in [0.29, 0.717) is 16.8 Å². The number of aromatic nitrogens is 1. The molecule has 1 amide bonds. The Kier molecular flexibility index (Phi) is 4.24. The third-order valence-electron chi connectivity index (χ3n) is 3.72. The second-order valence-corrected chi connectivity index (χ2v) is 5.37. The van der Waals surface area contributed by atoms with Gasteiger partial charge in [-0.05, 0) is 31.2 Å². The first kappa shape index (κ1) is 15.7. The van der Waals surface area contributed by atoms with Gasteiger partial charge in [0, 0.05) is 11.6 Å². The number of esters is 1. The van der Waals surface area contributed by atoms with Gasteiger partial charge in [-0.3, -0.25) is 9.78 Å². The molecule has 0 unspecified atom stereocenters. The summed E-state index contributed by atoms with van der Waals surface area (Å²) in [7, 11) is 1.31. The monoisotopic (exact) mass is 320 g/mol. The molecule has 0 bridgehead atoms. The number of hydrogen-bond donors (Lipinski definition) is 1. The molecule has 2 aromatic carbocycles. The average molecular weight is 320 g/mol. The van der Waals surface area contributed by atoms with Gasteiger partial charge in [-0.1, -0.05) is 29.8 Å². The maximum atomic E-state index is 12.7. The standard InChI is InChI=1S/C19H16N2O3/c1-12-7-8-17(15(11-12)19(23)24-2)21-18(22)14-9-10-20-16-6-4-3-5-13(14)16/h3-11H,1-2H3,(H,21,22). The van der Waals surface area contributed by atoms with E-state index in [1.807, 2.05) is 37.3 Å². The van der Waals surface area contributed by atoms with Crippen molar-refractivity contribution in [2.75, 3.05) is 12.4 Å². The lowest BCUT2D eigenvalue weighted by Crippen LogP contribution is -2.16. The summed E-state index contributed by atoms with van der Waals surface area (Å²) >= 11 is 0. The summed E-state index contributed by atoms with van der Waals surface area (Å²) in [6, 6.07) is 14.3. The Bertz CT molecular complexity index is 930. The van der Waals surface area contributed by atoms with E-state index in [1.165, 1.54) is 7.11 Å². The van der Waals surface area contributed by atoms with Crippen LogP contribution in [-0.2, 0) is 4.74 Å². The van der Waals surface area contributed by atoms with E-state index in [2.05, 4.69) is 10.3 Å². The molecule has 0 saturated heterocycles. The van der Waals surface area contributed by atoms with Crippen molar-refractivity contribution >= 4 is 28.5 Å². The van der Waals surface area contributed by atoms with Gasteiger partial charge in [0.25, 0.3) is 5.91 Å². The molecule has 0 aliphatic carbocycles. The van der Waals surface area contributed by atoms with Gasteiger partial charge in [0.2, 0.25) is 0 Å². The molecule has 5 nitrogen and oxygen atoms in total. The fourth-order valence-electron chi connectivity index (χ4n) is 2.53. The number of rotatable bonds is 3. The highest BCUT2D eigenvalue weighted by atomic mass is 16.5. The van der Waals surface area contributed by atoms with Crippen molar-refractivity contribution in [1.82, 2.24) is 4.98 Å².